The average Bonchev–Trinajstić information content (AvgIpc) is 3.16. The van der Waals surface area contributed by atoms with E-state index in [2.05, 4.69) is 10.2 Å². The summed E-state index contributed by atoms with van der Waals surface area (Å²) in [6.07, 6.45) is 3.12. The zero-order valence-electron chi connectivity index (χ0n) is 14.4. The highest BCUT2D eigenvalue weighted by atomic mass is 19.1. The van der Waals surface area contributed by atoms with Crippen LogP contribution in [0.15, 0.2) is 42.5 Å². The van der Waals surface area contributed by atoms with Crippen LogP contribution in [-0.4, -0.2) is 26.1 Å². The Morgan fingerprint density at radius 1 is 1.20 bits per heavy atom. The number of ether oxygens (including phenoxy) is 1. The number of hydrogen-bond donors (Lipinski definition) is 1. The zero-order chi connectivity index (χ0) is 17.6. The molecule has 2 aromatic rings. The van der Waals surface area contributed by atoms with E-state index in [0.717, 1.165) is 42.9 Å². The number of carbonyl (C=O) groups is 1. The fourth-order valence-electron chi connectivity index (χ4n) is 3.15. The number of rotatable bonds is 6. The molecule has 25 heavy (non-hydrogen) atoms. The first-order valence-corrected chi connectivity index (χ1v) is 8.63. The molecule has 5 heteroatoms. The Kier molecular flexibility index (Phi) is 5.53. The molecule has 1 aliphatic rings. The number of para-hydroxylation sites is 1. The number of nitrogens with zero attached hydrogens (tertiary/aromatic N) is 1. The summed E-state index contributed by atoms with van der Waals surface area (Å²) in [5.41, 5.74) is 2.17. The second kappa shape index (κ2) is 8.01. The molecule has 0 radical (unpaired) electrons. The first-order valence-electron chi connectivity index (χ1n) is 8.63. The van der Waals surface area contributed by atoms with Crippen molar-refractivity contribution in [1.82, 2.24) is 0 Å². The lowest BCUT2D eigenvalue weighted by molar-refractivity contribution is -0.116. The van der Waals surface area contributed by atoms with Crippen molar-refractivity contribution in [2.75, 3.05) is 30.4 Å². The number of carbonyl (C=O) groups excluding carboxylic acids is 1. The minimum atomic E-state index is -0.409. The monoisotopic (exact) mass is 342 g/mol. The van der Waals surface area contributed by atoms with E-state index in [4.69, 9.17) is 4.74 Å². The minimum Gasteiger partial charge on any atom is -0.496 e. The lowest BCUT2D eigenvalue weighted by atomic mass is 10.1. The number of nitrogens with one attached hydrogen (secondary N) is 1. The summed E-state index contributed by atoms with van der Waals surface area (Å²) >= 11 is 0. The molecule has 2 aromatic carbocycles. The number of halogens is 1. The second-order valence-electron chi connectivity index (χ2n) is 6.22. The van der Waals surface area contributed by atoms with Crippen LogP contribution in [0.1, 0.15) is 24.8 Å². The summed E-state index contributed by atoms with van der Waals surface area (Å²) in [5, 5.41) is 2.70. The van der Waals surface area contributed by atoms with Crippen molar-refractivity contribution >= 4 is 17.3 Å². The van der Waals surface area contributed by atoms with Gasteiger partial charge in [0.2, 0.25) is 5.91 Å². The predicted molar refractivity (Wildman–Crippen MR) is 97.8 cm³/mol. The maximum absolute atomic E-state index is 14.0. The van der Waals surface area contributed by atoms with E-state index in [1.165, 1.54) is 6.07 Å². The maximum atomic E-state index is 14.0. The normalized spacial score (nSPS) is 13.8. The smallest absolute Gasteiger partial charge is 0.224 e. The fraction of sp³-hybridized carbons (Fsp3) is 0.350. The quantitative estimate of drug-likeness (QED) is 0.862. The lowest BCUT2D eigenvalue weighted by Crippen LogP contribution is -2.19. The van der Waals surface area contributed by atoms with E-state index >= 15 is 0 Å². The molecule has 0 aromatic heterocycles. The molecule has 0 atom stereocenters. The van der Waals surface area contributed by atoms with Gasteiger partial charge in [0.15, 0.2) is 0 Å². The van der Waals surface area contributed by atoms with Crippen LogP contribution in [0.4, 0.5) is 15.8 Å². The number of amides is 1. The Morgan fingerprint density at radius 3 is 2.72 bits per heavy atom. The third-order valence-corrected chi connectivity index (χ3v) is 4.51. The molecule has 1 N–H and O–H groups in total. The molecule has 132 valence electrons. The van der Waals surface area contributed by atoms with Crippen molar-refractivity contribution < 1.29 is 13.9 Å². The molecule has 4 nitrogen and oxygen atoms in total. The SMILES string of the molecule is COc1ccccc1CCC(=O)Nc1cc(N2CCCC2)ccc1F. The number of anilines is 2. The third kappa shape index (κ3) is 4.29. The van der Waals surface area contributed by atoms with Crippen LogP contribution in [0.3, 0.4) is 0 Å². The molecule has 1 amide bonds. The van der Waals surface area contributed by atoms with E-state index in [0.29, 0.717) is 6.42 Å². The molecule has 1 aliphatic heterocycles. The molecule has 0 aliphatic carbocycles. The van der Waals surface area contributed by atoms with Gasteiger partial charge in [-0.25, -0.2) is 4.39 Å². The Bertz CT molecular complexity index is 742. The van der Waals surface area contributed by atoms with Gasteiger partial charge in [-0.1, -0.05) is 18.2 Å². The van der Waals surface area contributed by atoms with Crippen LogP contribution >= 0.6 is 0 Å². The maximum Gasteiger partial charge on any atom is 0.224 e. The summed E-state index contributed by atoms with van der Waals surface area (Å²) in [6, 6.07) is 12.5. The van der Waals surface area contributed by atoms with E-state index in [1.807, 2.05) is 24.3 Å². The number of hydrogen-bond acceptors (Lipinski definition) is 3. The predicted octanol–water partition coefficient (Wildman–Crippen LogP) is 4.01. The molecular formula is C20H23FN2O2. The molecule has 0 bridgehead atoms. The number of methoxy groups -OCH3 is 1. The molecule has 0 spiro atoms. The largest absolute Gasteiger partial charge is 0.496 e. The minimum absolute atomic E-state index is 0.205. The highest BCUT2D eigenvalue weighted by Gasteiger charge is 2.15. The molecule has 1 saturated heterocycles. The Morgan fingerprint density at radius 2 is 1.96 bits per heavy atom. The van der Waals surface area contributed by atoms with Crippen molar-refractivity contribution in [1.29, 1.82) is 0 Å². The first-order chi connectivity index (χ1) is 12.2. The third-order valence-electron chi connectivity index (χ3n) is 4.51. The van der Waals surface area contributed by atoms with Crippen LogP contribution < -0.4 is 15.0 Å². The van der Waals surface area contributed by atoms with Crippen molar-refractivity contribution in [3.05, 3.63) is 53.8 Å². The summed E-state index contributed by atoms with van der Waals surface area (Å²) in [5.74, 6) is 0.148. The zero-order valence-corrected chi connectivity index (χ0v) is 14.4. The summed E-state index contributed by atoms with van der Waals surface area (Å²) < 4.78 is 19.3. The summed E-state index contributed by atoms with van der Waals surface area (Å²) in [4.78, 5) is 14.5. The topological polar surface area (TPSA) is 41.6 Å². The van der Waals surface area contributed by atoms with Crippen LogP contribution in [0, 0.1) is 5.82 Å². The summed E-state index contributed by atoms with van der Waals surface area (Å²) in [7, 11) is 1.61. The molecular weight excluding hydrogens is 319 g/mol. The Hall–Kier alpha value is -2.56. The van der Waals surface area contributed by atoms with Crippen LogP contribution in [0.5, 0.6) is 5.75 Å². The van der Waals surface area contributed by atoms with Crippen LogP contribution in [0.2, 0.25) is 0 Å². The van der Waals surface area contributed by atoms with Crippen LogP contribution in [0.25, 0.3) is 0 Å². The molecule has 0 saturated carbocycles. The number of aryl methyl sites for hydroxylation is 1. The van der Waals surface area contributed by atoms with Crippen molar-refractivity contribution in [3.63, 3.8) is 0 Å². The summed E-state index contributed by atoms with van der Waals surface area (Å²) in [6.45, 7) is 1.96. The highest BCUT2D eigenvalue weighted by Crippen LogP contribution is 2.26. The van der Waals surface area contributed by atoms with Gasteiger partial charge in [-0.15, -0.1) is 0 Å². The van der Waals surface area contributed by atoms with Gasteiger partial charge >= 0.3 is 0 Å². The van der Waals surface area contributed by atoms with Gasteiger partial charge in [0, 0.05) is 25.2 Å². The molecule has 3 rings (SSSR count). The van der Waals surface area contributed by atoms with Gasteiger partial charge in [-0.2, -0.15) is 0 Å². The van der Waals surface area contributed by atoms with Crippen molar-refractivity contribution in [2.24, 2.45) is 0 Å². The Balaban J connectivity index is 1.63. The standard InChI is InChI=1S/C20H23FN2O2/c1-25-19-7-3-2-6-15(19)8-11-20(24)22-18-14-16(9-10-17(18)21)23-12-4-5-13-23/h2-3,6-7,9-10,14H,4-5,8,11-13H2,1H3,(H,22,24). The van der Waals surface area contributed by atoms with Gasteiger partial charge in [0.25, 0.3) is 0 Å². The van der Waals surface area contributed by atoms with E-state index in [9.17, 15) is 9.18 Å². The van der Waals surface area contributed by atoms with E-state index < -0.39 is 5.82 Å². The highest BCUT2D eigenvalue weighted by molar-refractivity contribution is 5.91. The van der Waals surface area contributed by atoms with Crippen molar-refractivity contribution in [2.45, 2.75) is 25.7 Å². The fourth-order valence-corrected chi connectivity index (χ4v) is 3.15. The lowest BCUT2D eigenvalue weighted by Gasteiger charge is -2.19. The Labute approximate surface area is 147 Å². The van der Waals surface area contributed by atoms with Gasteiger partial charge < -0.3 is 15.0 Å². The average molecular weight is 342 g/mol. The van der Waals surface area contributed by atoms with E-state index in [1.54, 1.807) is 19.2 Å². The number of benzene rings is 2. The molecule has 0 unspecified atom stereocenters. The van der Waals surface area contributed by atoms with Gasteiger partial charge in [0.1, 0.15) is 11.6 Å². The van der Waals surface area contributed by atoms with Gasteiger partial charge in [-0.05, 0) is 49.1 Å². The first kappa shape index (κ1) is 17.3. The van der Waals surface area contributed by atoms with Crippen molar-refractivity contribution in [3.8, 4) is 5.75 Å². The van der Waals surface area contributed by atoms with E-state index in [-0.39, 0.29) is 18.0 Å². The second-order valence-corrected chi connectivity index (χ2v) is 6.22. The van der Waals surface area contributed by atoms with Crippen LogP contribution in [-0.2, 0) is 11.2 Å². The van der Waals surface area contributed by atoms with Gasteiger partial charge in [-0.3, -0.25) is 4.79 Å². The molecule has 1 fully saturated rings. The molecule has 1 heterocycles. The van der Waals surface area contributed by atoms with Gasteiger partial charge in [0.05, 0.1) is 12.8 Å².